The second-order valence-corrected chi connectivity index (χ2v) is 8.67. The molecule has 0 unspecified atom stereocenters. The number of hydrogen-bond donors (Lipinski definition) is 1. The SMILES string of the molecule is O=C(CN1CCOCC1)Nc1cc(C(=O)Cc2nnc(-c3ccccc3F)s2)ccc1OC(F)F. The summed E-state index contributed by atoms with van der Waals surface area (Å²) in [6.45, 7) is -0.918. The number of hydrogen-bond acceptors (Lipinski definition) is 8. The van der Waals surface area contributed by atoms with Crippen molar-refractivity contribution in [1.82, 2.24) is 15.1 Å². The quantitative estimate of drug-likeness (QED) is 0.443. The van der Waals surface area contributed by atoms with E-state index >= 15 is 0 Å². The third kappa shape index (κ3) is 6.62. The summed E-state index contributed by atoms with van der Waals surface area (Å²) < 4.78 is 49.5. The molecule has 35 heavy (non-hydrogen) atoms. The Kier molecular flexibility index (Phi) is 8.06. The molecule has 8 nitrogen and oxygen atoms in total. The van der Waals surface area contributed by atoms with Gasteiger partial charge in [-0.25, -0.2) is 4.39 Å². The van der Waals surface area contributed by atoms with Gasteiger partial charge in [0.15, 0.2) is 10.8 Å². The fourth-order valence-corrected chi connectivity index (χ4v) is 4.33. The summed E-state index contributed by atoms with van der Waals surface area (Å²) in [6.07, 6.45) is -0.137. The number of nitrogens with zero attached hydrogens (tertiary/aromatic N) is 3. The second-order valence-electron chi connectivity index (χ2n) is 7.61. The first-order valence-corrected chi connectivity index (χ1v) is 11.5. The molecule has 2 aromatic carbocycles. The Bertz CT molecular complexity index is 1200. The van der Waals surface area contributed by atoms with Crippen LogP contribution < -0.4 is 10.1 Å². The molecular weight excluding hydrogens is 485 g/mol. The molecule has 184 valence electrons. The van der Waals surface area contributed by atoms with Gasteiger partial charge in [0, 0.05) is 24.2 Å². The minimum atomic E-state index is -3.11. The van der Waals surface area contributed by atoms with Gasteiger partial charge in [-0.3, -0.25) is 14.5 Å². The molecule has 0 spiro atoms. The number of amides is 1. The van der Waals surface area contributed by atoms with Crippen LogP contribution in [0.3, 0.4) is 0 Å². The van der Waals surface area contributed by atoms with Crippen LogP contribution in [0.4, 0.5) is 18.9 Å². The van der Waals surface area contributed by atoms with Gasteiger partial charge in [0.2, 0.25) is 5.91 Å². The maximum absolute atomic E-state index is 14.0. The van der Waals surface area contributed by atoms with Crippen LogP contribution in [0.15, 0.2) is 42.5 Å². The molecule has 0 atom stereocenters. The van der Waals surface area contributed by atoms with E-state index < -0.39 is 18.3 Å². The van der Waals surface area contributed by atoms with E-state index in [-0.39, 0.29) is 41.3 Å². The van der Waals surface area contributed by atoms with E-state index in [0.29, 0.717) is 36.3 Å². The van der Waals surface area contributed by atoms with Crippen LogP contribution in [0.25, 0.3) is 10.6 Å². The highest BCUT2D eigenvalue weighted by Crippen LogP contribution is 2.30. The van der Waals surface area contributed by atoms with Crippen molar-refractivity contribution in [2.45, 2.75) is 13.0 Å². The van der Waals surface area contributed by atoms with E-state index in [1.54, 1.807) is 18.2 Å². The molecule has 0 bridgehead atoms. The number of carbonyl (C=O) groups is 2. The Labute approximate surface area is 202 Å². The molecule has 1 aliphatic heterocycles. The largest absolute Gasteiger partial charge is 0.433 e. The second kappa shape index (κ2) is 11.4. The van der Waals surface area contributed by atoms with E-state index in [2.05, 4.69) is 20.3 Å². The number of Topliss-reactive ketones (excluding diaryl/α,β-unsaturated/α-hetero) is 1. The summed E-state index contributed by atoms with van der Waals surface area (Å²) in [6, 6.07) is 9.92. The lowest BCUT2D eigenvalue weighted by Crippen LogP contribution is -2.41. The lowest BCUT2D eigenvalue weighted by molar-refractivity contribution is -0.118. The summed E-state index contributed by atoms with van der Waals surface area (Å²) >= 11 is 1.08. The molecule has 1 aliphatic rings. The minimum Gasteiger partial charge on any atom is -0.433 e. The summed E-state index contributed by atoms with van der Waals surface area (Å²) in [5, 5.41) is 11.2. The van der Waals surface area contributed by atoms with Crippen molar-refractivity contribution in [3.63, 3.8) is 0 Å². The number of aromatic nitrogens is 2. The summed E-state index contributed by atoms with van der Waals surface area (Å²) in [4.78, 5) is 27.2. The molecule has 0 radical (unpaired) electrons. The van der Waals surface area contributed by atoms with Crippen molar-refractivity contribution in [2.75, 3.05) is 38.2 Å². The number of ether oxygens (including phenoxy) is 2. The normalized spacial score (nSPS) is 14.2. The molecule has 3 aromatic rings. The van der Waals surface area contributed by atoms with Gasteiger partial charge in [-0.15, -0.1) is 10.2 Å². The van der Waals surface area contributed by atoms with Crippen LogP contribution in [0.1, 0.15) is 15.4 Å². The number of benzene rings is 2. The van der Waals surface area contributed by atoms with E-state index in [0.717, 1.165) is 11.3 Å². The zero-order chi connectivity index (χ0) is 24.8. The molecule has 1 saturated heterocycles. The Balaban J connectivity index is 1.48. The molecule has 1 N–H and O–H groups in total. The summed E-state index contributed by atoms with van der Waals surface area (Å²) in [5.74, 6) is -1.53. The van der Waals surface area contributed by atoms with Gasteiger partial charge in [-0.05, 0) is 30.3 Å². The topological polar surface area (TPSA) is 93.7 Å². The van der Waals surface area contributed by atoms with E-state index in [9.17, 15) is 22.8 Å². The van der Waals surface area contributed by atoms with Crippen LogP contribution in [0.2, 0.25) is 0 Å². The zero-order valence-electron chi connectivity index (χ0n) is 18.4. The van der Waals surface area contributed by atoms with Crippen molar-refractivity contribution < 1.29 is 32.2 Å². The maximum atomic E-state index is 14.0. The van der Waals surface area contributed by atoms with E-state index in [1.807, 2.05) is 4.90 Å². The lowest BCUT2D eigenvalue weighted by Gasteiger charge is -2.26. The van der Waals surface area contributed by atoms with Crippen LogP contribution >= 0.6 is 11.3 Å². The van der Waals surface area contributed by atoms with Crippen molar-refractivity contribution >= 4 is 28.7 Å². The summed E-state index contributed by atoms with van der Waals surface area (Å²) in [7, 11) is 0. The first-order valence-electron chi connectivity index (χ1n) is 10.7. The number of nitrogens with one attached hydrogen (secondary N) is 1. The van der Waals surface area contributed by atoms with Crippen LogP contribution in [-0.4, -0.2) is 66.2 Å². The van der Waals surface area contributed by atoms with Gasteiger partial charge in [0.25, 0.3) is 0 Å². The number of carbonyl (C=O) groups excluding carboxylic acids is 2. The van der Waals surface area contributed by atoms with Crippen LogP contribution in [0, 0.1) is 5.82 Å². The highest BCUT2D eigenvalue weighted by Gasteiger charge is 2.20. The van der Waals surface area contributed by atoms with Crippen molar-refractivity contribution in [2.24, 2.45) is 0 Å². The number of morpholine rings is 1. The predicted octanol–water partition coefficient (Wildman–Crippen LogP) is 3.64. The van der Waals surface area contributed by atoms with Gasteiger partial charge in [-0.1, -0.05) is 23.5 Å². The van der Waals surface area contributed by atoms with Crippen LogP contribution in [0.5, 0.6) is 5.75 Å². The smallest absolute Gasteiger partial charge is 0.387 e. The average Bonchev–Trinajstić information content (AvgIpc) is 3.29. The van der Waals surface area contributed by atoms with Crippen molar-refractivity contribution in [1.29, 1.82) is 0 Å². The van der Waals surface area contributed by atoms with Crippen molar-refractivity contribution in [3.05, 3.63) is 58.9 Å². The Morgan fingerprint density at radius 1 is 1.14 bits per heavy atom. The fraction of sp³-hybridized carbons (Fsp3) is 0.304. The van der Waals surface area contributed by atoms with E-state index in [4.69, 9.17) is 4.74 Å². The van der Waals surface area contributed by atoms with Gasteiger partial charge in [0.1, 0.15) is 16.6 Å². The molecule has 0 aliphatic carbocycles. The first-order chi connectivity index (χ1) is 16.9. The molecule has 1 aromatic heterocycles. The number of rotatable bonds is 9. The standard InChI is InChI=1S/C23H21F3N4O4S/c24-16-4-2-1-3-15(16)22-29-28-21(35-22)12-18(31)14-5-6-19(34-23(25)26)17(11-14)27-20(32)13-30-7-9-33-10-8-30/h1-6,11,23H,7-10,12-13H2,(H,27,32). The van der Waals surface area contributed by atoms with E-state index in [1.165, 1.54) is 24.3 Å². The highest BCUT2D eigenvalue weighted by molar-refractivity contribution is 7.14. The van der Waals surface area contributed by atoms with Gasteiger partial charge in [0.05, 0.1) is 31.9 Å². The van der Waals surface area contributed by atoms with Gasteiger partial charge >= 0.3 is 6.61 Å². The number of alkyl halides is 2. The Hall–Kier alpha value is -3.35. The predicted molar refractivity (Wildman–Crippen MR) is 122 cm³/mol. The molecule has 2 heterocycles. The lowest BCUT2D eigenvalue weighted by atomic mass is 10.1. The molecular formula is C23H21F3N4O4S. The fourth-order valence-electron chi connectivity index (χ4n) is 3.46. The first kappa shape index (κ1) is 24.8. The number of halogens is 3. The Morgan fingerprint density at radius 2 is 1.91 bits per heavy atom. The van der Waals surface area contributed by atoms with Gasteiger partial charge in [-0.2, -0.15) is 8.78 Å². The number of anilines is 1. The molecule has 4 rings (SSSR count). The maximum Gasteiger partial charge on any atom is 0.387 e. The zero-order valence-corrected chi connectivity index (χ0v) is 19.2. The number of ketones is 1. The monoisotopic (exact) mass is 506 g/mol. The molecule has 1 amide bonds. The molecule has 0 saturated carbocycles. The summed E-state index contributed by atoms with van der Waals surface area (Å²) in [5.41, 5.74) is 0.400. The third-order valence-corrected chi connectivity index (χ3v) is 6.10. The highest BCUT2D eigenvalue weighted by atomic mass is 32.1. The van der Waals surface area contributed by atoms with Crippen LogP contribution in [-0.2, 0) is 16.0 Å². The third-order valence-electron chi connectivity index (χ3n) is 5.15. The molecule has 12 heteroatoms. The van der Waals surface area contributed by atoms with Gasteiger partial charge < -0.3 is 14.8 Å². The average molecular weight is 507 g/mol. The minimum absolute atomic E-state index is 0.0409. The Morgan fingerprint density at radius 3 is 2.66 bits per heavy atom. The van der Waals surface area contributed by atoms with Crippen molar-refractivity contribution in [3.8, 4) is 16.3 Å². The molecule has 1 fully saturated rings.